The van der Waals surface area contributed by atoms with Crippen molar-refractivity contribution in [2.75, 3.05) is 6.61 Å². The van der Waals surface area contributed by atoms with Gasteiger partial charge in [0.25, 0.3) is 0 Å². The minimum absolute atomic E-state index is 0.0142. The van der Waals surface area contributed by atoms with E-state index in [4.69, 9.17) is 10.8 Å². The zero-order valence-corrected chi connectivity index (χ0v) is 6.02. The van der Waals surface area contributed by atoms with Crippen molar-refractivity contribution in [2.24, 2.45) is 5.73 Å². The normalized spacial score (nSPS) is 41.7. The highest BCUT2D eigenvalue weighted by molar-refractivity contribution is 4.89. The fraction of sp³-hybridized carbons (Fsp3) is 1.00. The predicted octanol–water partition coefficient (Wildman–Crippen LogP) is 0.588. The summed E-state index contributed by atoms with van der Waals surface area (Å²) in [6.07, 6.45) is 1.56. The number of rotatable bonds is 1. The van der Waals surface area contributed by atoms with E-state index in [2.05, 4.69) is 0 Å². The highest BCUT2D eigenvalue weighted by Gasteiger charge is 2.30. The molecule has 1 rings (SSSR count). The Bertz CT molecular complexity index is 110. The molecule has 3 N–H and O–H groups in total. The molecule has 0 aromatic heterocycles. The topological polar surface area (TPSA) is 46.2 Å². The number of hydrogen-bond acceptors (Lipinski definition) is 2. The van der Waals surface area contributed by atoms with Crippen LogP contribution in [0.5, 0.6) is 0 Å². The molecule has 0 aromatic carbocycles. The Morgan fingerprint density at radius 1 is 1.50 bits per heavy atom. The van der Waals surface area contributed by atoms with Gasteiger partial charge in [-0.05, 0) is 25.7 Å². The third-order valence-electron chi connectivity index (χ3n) is 2.23. The summed E-state index contributed by atoms with van der Waals surface area (Å²) in [6, 6.07) is 0. The van der Waals surface area contributed by atoms with E-state index < -0.39 is 11.7 Å². The first-order valence-electron chi connectivity index (χ1n) is 3.70. The Kier molecular flexibility index (Phi) is 2.26. The molecule has 0 atom stereocenters. The third kappa shape index (κ3) is 1.67. The molecule has 1 fully saturated rings. The van der Waals surface area contributed by atoms with Crippen molar-refractivity contribution in [1.82, 2.24) is 0 Å². The third-order valence-corrected chi connectivity index (χ3v) is 2.23. The average molecular weight is 147 g/mol. The Morgan fingerprint density at radius 2 is 2.00 bits per heavy atom. The van der Waals surface area contributed by atoms with E-state index in [0.29, 0.717) is 25.7 Å². The van der Waals surface area contributed by atoms with E-state index in [1.54, 1.807) is 0 Å². The molecule has 0 heterocycles. The van der Waals surface area contributed by atoms with Crippen molar-refractivity contribution in [1.29, 1.82) is 0 Å². The molecule has 0 aromatic rings. The van der Waals surface area contributed by atoms with Gasteiger partial charge in [-0.1, -0.05) is 0 Å². The summed E-state index contributed by atoms with van der Waals surface area (Å²) in [7, 11) is 0. The van der Waals surface area contributed by atoms with Gasteiger partial charge in [-0.3, -0.25) is 0 Å². The number of aliphatic hydroxyl groups excluding tert-OH is 1. The summed E-state index contributed by atoms with van der Waals surface area (Å²) in [5.41, 5.74) is 5.22. The quantitative estimate of drug-likeness (QED) is 0.570. The lowest BCUT2D eigenvalue weighted by molar-refractivity contribution is 0.119. The van der Waals surface area contributed by atoms with Crippen LogP contribution in [0.2, 0.25) is 0 Å². The van der Waals surface area contributed by atoms with Gasteiger partial charge in [-0.25, -0.2) is 4.39 Å². The van der Waals surface area contributed by atoms with Crippen LogP contribution >= 0.6 is 0 Å². The molecule has 10 heavy (non-hydrogen) atoms. The van der Waals surface area contributed by atoms with Crippen LogP contribution in [0.4, 0.5) is 4.39 Å². The molecule has 0 amide bonds. The first-order valence-corrected chi connectivity index (χ1v) is 3.70. The van der Waals surface area contributed by atoms with Crippen LogP contribution in [0.15, 0.2) is 0 Å². The molecule has 1 aliphatic carbocycles. The lowest BCUT2D eigenvalue weighted by Crippen LogP contribution is -2.46. The van der Waals surface area contributed by atoms with E-state index in [1.807, 2.05) is 0 Å². The molecule has 0 saturated heterocycles. The second-order valence-corrected chi connectivity index (χ2v) is 3.20. The van der Waals surface area contributed by atoms with E-state index in [9.17, 15) is 4.39 Å². The van der Waals surface area contributed by atoms with Crippen LogP contribution in [0.25, 0.3) is 0 Å². The molecule has 0 radical (unpaired) electrons. The van der Waals surface area contributed by atoms with Crippen molar-refractivity contribution in [3.63, 3.8) is 0 Å². The van der Waals surface area contributed by atoms with E-state index in [1.165, 1.54) is 0 Å². The Morgan fingerprint density at radius 3 is 2.40 bits per heavy atom. The zero-order valence-electron chi connectivity index (χ0n) is 6.02. The van der Waals surface area contributed by atoms with Crippen LogP contribution in [0.3, 0.4) is 0 Å². The van der Waals surface area contributed by atoms with Crippen molar-refractivity contribution in [3.05, 3.63) is 0 Å². The fourth-order valence-corrected chi connectivity index (χ4v) is 1.32. The standard InChI is InChI=1S/C7H14FNO/c8-6-1-3-7(9,5-10)4-2-6/h6,10H,1-5,9H2. The summed E-state index contributed by atoms with van der Waals surface area (Å²) >= 11 is 0. The van der Waals surface area contributed by atoms with Crippen LogP contribution in [0.1, 0.15) is 25.7 Å². The monoisotopic (exact) mass is 147 g/mol. The molecule has 1 saturated carbocycles. The Labute approximate surface area is 60.2 Å². The SMILES string of the molecule is NC1(CO)CCC(F)CC1. The number of halogens is 1. The first kappa shape index (κ1) is 7.95. The molecule has 3 heteroatoms. The molecule has 0 bridgehead atoms. The summed E-state index contributed by atoms with van der Waals surface area (Å²) in [5, 5.41) is 8.79. The first-order chi connectivity index (χ1) is 4.66. The minimum Gasteiger partial charge on any atom is -0.394 e. The van der Waals surface area contributed by atoms with Gasteiger partial charge in [0.1, 0.15) is 6.17 Å². The van der Waals surface area contributed by atoms with Gasteiger partial charge < -0.3 is 10.8 Å². The van der Waals surface area contributed by atoms with Crippen LogP contribution in [0, 0.1) is 0 Å². The second kappa shape index (κ2) is 2.84. The smallest absolute Gasteiger partial charge is 0.100 e. The van der Waals surface area contributed by atoms with E-state index in [0.717, 1.165) is 0 Å². The van der Waals surface area contributed by atoms with Crippen molar-refractivity contribution >= 4 is 0 Å². The molecular formula is C7H14FNO. The maximum atomic E-state index is 12.5. The van der Waals surface area contributed by atoms with Crippen LogP contribution < -0.4 is 5.73 Å². The lowest BCUT2D eigenvalue weighted by atomic mass is 9.82. The van der Waals surface area contributed by atoms with Gasteiger partial charge in [0.2, 0.25) is 0 Å². The minimum atomic E-state index is -0.691. The molecule has 2 nitrogen and oxygen atoms in total. The van der Waals surface area contributed by atoms with E-state index >= 15 is 0 Å². The zero-order chi connectivity index (χ0) is 7.61. The lowest BCUT2D eigenvalue weighted by Gasteiger charge is -2.32. The summed E-state index contributed by atoms with van der Waals surface area (Å²) < 4.78 is 12.5. The largest absolute Gasteiger partial charge is 0.394 e. The maximum absolute atomic E-state index is 12.5. The number of nitrogens with two attached hydrogens (primary N) is 1. The van der Waals surface area contributed by atoms with Gasteiger partial charge in [-0.2, -0.15) is 0 Å². The van der Waals surface area contributed by atoms with Crippen LogP contribution in [-0.4, -0.2) is 23.4 Å². The van der Waals surface area contributed by atoms with Gasteiger partial charge in [0.15, 0.2) is 0 Å². The van der Waals surface area contributed by atoms with Crippen LogP contribution in [-0.2, 0) is 0 Å². The fourth-order valence-electron chi connectivity index (χ4n) is 1.32. The summed E-state index contributed by atoms with van der Waals surface area (Å²) in [4.78, 5) is 0. The van der Waals surface area contributed by atoms with Crippen molar-refractivity contribution < 1.29 is 9.50 Å². The second-order valence-electron chi connectivity index (χ2n) is 3.20. The molecular weight excluding hydrogens is 133 g/mol. The average Bonchev–Trinajstić information content (AvgIpc) is 1.96. The molecule has 60 valence electrons. The highest BCUT2D eigenvalue weighted by Crippen LogP contribution is 2.27. The number of hydrogen-bond donors (Lipinski definition) is 2. The van der Waals surface area contributed by atoms with Crippen molar-refractivity contribution in [3.8, 4) is 0 Å². The Hall–Kier alpha value is -0.150. The van der Waals surface area contributed by atoms with Gasteiger partial charge >= 0.3 is 0 Å². The molecule has 0 unspecified atom stereocenters. The maximum Gasteiger partial charge on any atom is 0.100 e. The number of aliphatic hydroxyl groups is 1. The molecule has 0 aliphatic heterocycles. The summed E-state index contributed by atoms with van der Waals surface area (Å²) in [5.74, 6) is 0. The number of alkyl halides is 1. The molecule has 1 aliphatic rings. The van der Waals surface area contributed by atoms with Gasteiger partial charge in [-0.15, -0.1) is 0 Å². The van der Waals surface area contributed by atoms with Gasteiger partial charge in [0.05, 0.1) is 6.61 Å². The summed E-state index contributed by atoms with van der Waals surface area (Å²) in [6.45, 7) is -0.0142. The molecule has 0 spiro atoms. The predicted molar refractivity (Wildman–Crippen MR) is 37.4 cm³/mol. The van der Waals surface area contributed by atoms with Gasteiger partial charge in [0, 0.05) is 5.54 Å². The van der Waals surface area contributed by atoms with E-state index in [-0.39, 0.29) is 6.61 Å². The Balaban J connectivity index is 2.38. The highest BCUT2D eigenvalue weighted by atomic mass is 19.1. The van der Waals surface area contributed by atoms with Crippen molar-refractivity contribution in [2.45, 2.75) is 37.4 Å².